The van der Waals surface area contributed by atoms with E-state index < -0.39 is 0 Å². The Bertz CT molecular complexity index is 3050. The number of fused-ring (bicyclic) bond motifs is 6. The second-order valence-electron chi connectivity index (χ2n) is 14.6. The molecule has 0 bridgehead atoms. The van der Waals surface area contributed by atoms with Gasteiger partial charge in [-0.15, -0.1) is 0 Å². The maximum absolute atomic E-state index is 2.40. The summed E-state index contributed by atoms with van der Waals surface area (Å²) in [6.45, 7) is 0. The second-order valence-corrected chi connectivity index (χ2v) is 14.6. The lowest BCUT2D eigenvalue weighted by Crippen LogP contribution is -1.94. The summed E-state index contributed by atoms with van der Waals surface area (Å²) >= 11 is 0. The molecule has 0 saturated carbocycles. The van der Waals surface area contributed by atoms with E-state index >= 15 is 0 Å². The fourth-order valence-corrected chi connectivity index (χ4v) is 8.65. The van der Waals surface area contributed by atoms with Gasteiger partial charge in [-0.2, -0.15) is 0 Å². The van der Waals surface area contributed by atoms with Crippen molar-refractivity contribution < 1.29 is 0 Å². The summed E-state index contributed by atoms with van der Waals surface area (Å²) in [7, 11) is 0. The first kappa shape index (κ1) is 32.0. The zero-order valence-electron chi connectivity index (χ0n) is 30.7. The molecule has 262 valence electrons. The van der Waals surface area contributed by atoms with Gasteiger partial charge in [-0.25, -0.2) is 0 Å². The maximum Gasteiger partial charge on any atom is 0.0547 e. The van der Waals surface area contributed by atoms with Gasteiger partial charge in [-0.05, 0) is 117 Å². The molecule has 2 nitrogen and oxygen atoms in total. The molecule has 0 spiro atoms. The average molecular weight is 713 g/mol. The highest BCUT2D eigenvalue weighted by Crippen LogP contribution is 2.40. The number of hydrogen-bond acceptors (Lipinski definition) is 0. The predicted octanol–water partition coefficient (Wildman–Crippen LogP) is 14.5. The Kier molecular flexibility index (Phi) is 7.53. The van der Waals surface area contributed by atoms with Crippen LogP contribution in [0, 0.1) is 0 Å². The molecule has 0 aliphatic heterocycles. The molecule has 0 aliphatic rings. The quantitative estimate of drug-likeness (QED) is 0.162. The molecule has 0 amide bonds. The first-order valence-corrected chi connectivity index (χ1v) is 19.3. The topological polar surface area (TPSA) is 9.86 Å². The van der Waals surface area contributed by atoms with Crippen molar-refractivity contribution >= 4 is 43.6 Å². The molecule has 56 heavy (non-hydrogen) atoms. The van der Waals surface area contributed by atoms with Gasteiger partial charge in [-0.3, -0.25) is 0 Å². The van der Waals surface area contributed by atoms with Gasteiger partial charge >= 0.3 is 0 Å². The van der Waals surface area contributed by atoms with Crippen molar-refractivity contribution in [1.82, 2.24) is 9.13 Å². The van der Waals surface area contributed by atoms with Crippen LogP contribution in [-0.2, 0) is 0 Å². The molecule has 2 heteroatoms. The van der Waals surface area contributed by atoms with Crippen LogP contribution in [0.3, 0.4) is 0 Å². The van der Waals surface area contributed by atoms with E-state index in [2.05, 4.69) is 228 Å². The molecule has 11 aromatic rings. The van der Waals surface area contributed by atoms with E-state index in [-0.39, 0.29) is 0 Å². The molecule has 0 atom stereocenters. The highest BCUT2D eigenvalue weighted by Gasteiger charge is 2.17. The Morgan fingerprint density at radius 3 is 1.02 bits per heavy atom. The van der Waals surface area contributed by atoms with E-state index in [9.17, 15) is 0 Å². The van der Waals surface area contributed by atoms with Crippen LogP contribution < -0.4 is 0 Å². The van der Waals surface area contributed by atoms with E-state index in [0.29, 0.717) is 0 Å². The Labute approximate surface area is 325 Å². The predicted molar refractivity (Wildman–Crippen MR) is 237 cm³/mol. The molecule has 0 unspecified atom stereocenters. The number of benzene rings is 9. The van der Waals surface area contributed by atoms with Gasteiger partial charge in [0, 0.05) is 32.9 Å². The molecule has 11 rings (SSSR count). The van der Waals surface area contributed by atoms with Gasteiger partial charge in [0.05, 0.1) is 22.1 Å². The van der Waals surface area contributed by atoms with Gasteiger partial charge in [0.15, 0.2) is 0 Å². The summed E-state index contributed by atoms with van der Waals surface area (Å²) in [4.78, 5) is 0. The van der Waals surface area contributed by atoms with Crippen LogP contribution in [-0.4, -0.2) is 9.13 Å². The highest BCUT2D eigenvalue weighted by atomic mass is 15.0. The maximum atomic E-state index is 2.40. The summed E-state index contributed by atoms with van der Waals surface area (Å²) in [6.07, 6.45) is 0. The molecular weight excluding hydrogens is 677 g/mol. The fraction of sp³-hybridized carbons (Fsp3) is 0. The van der Waals surface area contributed by atoms with Crippen molar-refractivity contribution in [2.24, 2.45) is 0 Å². The molecule has 0 aliphatic carbocycles. The van der Waals surface area contributed by atoms with Gasteiger partial charge in [0.1, 0.15) is 0 Å². The molecular formula is C54H36N2. The zero-order chi connectivity index (χ0) is 37.0. The highest BCUT2D eigenvalue weighted by molar-refractivity contribution is 6.11. The summed E-state index contributed by atoms with van der Waals surface area (Å²) < 4.78 is 4.80. The standard InChI is InChI=1S/C54H36N2/c1-4-15-37(16-5-1)38-17-14-18-39(31-38)42-32-43(40-27-29-49-47-23-10-12-25-51(47)55(53(49)35-40)45-19-6-2-7-20-45)34-44(33-42)41-28-30-50-48-24-11-13-26-52(48)56(54(50)36-41)46-21-8-3-9-22-46/h1-36H. The molecule has 0 fully saturated rings. The minimum Gasteiger partial charge on any atom is -0.309 e. The smallest absolute Gasteiger partial charge is 0.0547 e. The Balaban J connectivity index is 1.15. The lowest BCUT2D eigenvalue weighted by molar-refractivity contribution is 1.18. The number of nitrogens with zero attached hydrogens (tertiary/aromatic N) is 2. The first-order valence-electron chi connectivity index (χ1n) is 19.3. The summed E-state index contributed by atoms with van der Waals surface area (Å²) in [5.41, 5.74) is 16.6. The molecule has 0 saturated heterocycles. The van der Waals surface area contributed by atoms with Gasteiger partial charge < -0.3 is 9.13 Å². The Morgan fingerprint density at radius 1 is 0.196 bits per heavy atom. The van der Waals surface area contributed by atoms with E-state index in [1.54, 1.807) is 0 Å². The normalized spacial score (nSPS) is 11.6. The molecule has 0 radical (unpaired) electrons. The molecule has 2 heterocycles. The van der Waals surface area contributed by atoms with Crippen LogP contribution in [0.5, 0.6) is 0 Å². The monoisotopic (exact) mass is 712 g/mol. The van der Waals surface area contributed by atoms with Crippen molar-refractivity contribution in [3.8, 4) is 55.9 Å². The summed E-state index contributed by atoms with van der Waals surface area (Å²) in [6, 6.07) is 79.6. The number of hydrogen-bond donors (Lipinski definition) is 0. The van der Waals surface area contributed by atoms with Crippen LogP contribution in [0.2, 0.25) is 0 Å². The largest absolute Gasteiger partial charge is 0.309 e. The Morgan fingerprint density at radius 2 is 0.536 bits per heavy atom. The summed E-state index contributed by atoms with van der Waals surface area (Å²) in [5.74, 6) is 0. The van der Waals surface area contributed by atoms with Gasteiger partial charge in [-0.1, -0.05) is 146 Å². The molecule has 9 aromatic carbocycles. The third-order valence-corrected chi connectivity index (χ3v) is 11.3. The van der Waals surface area contributed by atoms with Crippen LogP contribution in [0.15, 0.2) is 218 Å². The summed E-state index contributed by atoms with van der Waals surface area (Å²) in [5, 5.41) is 5.01. The van der Waals surface area contributed by atoms with Crippen LogP contribution >= 0.6 is 0 Å². The van der Waals surface area contributed by atoms with E-state index in [4.69, 9.17) is 0 Å². The lowest BCUT2D eigenvalue weighted by Gasteiger charge is -2.14. The fourth-order valence-electron chi connectivity index (χ4n) is 8.65. The van der Waals surface area contributed by atoms with Crippen LogP contribution in [0.25, 0.3) is 99.5 Å². The minimum absolute atomic E-state index is 1.16. The first-order chi connectivity index (χ1) is 27.8. The van der Waals surface area contributed by atoms with E-state index in [1.807, 2.05) is 0 Å². The van der Waals surface area contributed by atoms with Gasteiger partial charge in [0.2, 0.25) is 0 Å². The van der Waals surface area contributed by atoms with Gasteiger partial charge in [0.25, 0.3) is 0 Å². The third-order valence-electron chi connectivity index (χ3n) is 11.3. The SMILES string of the molecule is c1ccc(-c2cccc(-c3cc(-c4ccc5c6ccccc6n(-c6ccccc6)c5c4)cc(-c4ccc5c6ccccc6n(-c6ccccc6)c5c4)c3)c2)cc1. The van der Waals surface area contributed by atoms with Crippen LogP contribution in [0.4, 0.5) is 0 Å². The number of aromatic nitrogens is 2. The number of rotatable bonds is 6. The Hall–Kier alpha value is -7.42. The van der Waals surface area contributed by atoms with Crippen LogP contribution in [0.1, 0.15) is 0 Å². The average Bonchev–Trinajstić information content (AvgIpc) is 3.79. The van der Waals surface area contributed by atoms with Crippen molar-refractivity contribution in [3.63, 3.8) is 0 Å². The van der Waals surface area contributed by atoms with Crippen molar-refractivity contribution in [3.05, 3.63) is 218 Å². The number of para-hydroxylation sites is 4. The lowest BCUT2D eigenvalue weighted by atomic mass is 9.91. The second kappa shape index (κ2) is 13.2. The third kappa shape index (κ3) is 5.34. The van der Waals surface area contributed by atoms with Crippen molar-refractivity contribution in [1.29, 1.82) is 0 Å². The van der Waals surface area contributed by atoms with Crippen molar-refractivity contribution in [2.45, 2.75) is 0 Å². The molecule has 2 aromatic heterocycles. The van der Waals surface area contributed by atoms with E-state index in [0.717, 1.165) is 11.4 Å². The minimum atomic E-state index is 1.16. The molecule has 0 N–H and O–H groups in total. The van der Waals surface area contributed by atoms with Crippen molar-refractivity contribution in [2.75, 3.05) is 0 Å². The van der Waals surface area contributed by atoms with E-state index in [1.165, 1.54) is 88.1 Å². The zero-order valence-corrected chi connectivity index (χ0v) is 30.7.